The maximum Gasteiger partial charge on any atom is 0.265 e. The standard InChI is InChI=1S/C24H31N3O2/c1-18(29-23-12-7-19-5-3-4-6-20(19)17-23)24(28)25-21-8-10-22(11-9-21)27-15-13-26(2)14-16-27/h7-12,17-18H,3-6,13-16H2,1-2H3,(H,25,28)/t18-/m1/s1. The van der Waals surface area contributed by atoms with Crippen LogP contribution in [-0.4, -0.2) is 50.1 Å². The van der Waals surface area contributed by atoms with E-state index >= 15 is 0 Å². The van der Waals surface area contributed by atoms with Crippen LogP contribution < -0.4 is 15.0 Å². The number of fused-ring (bicyclic) bond motifs is 1. The van der Waals surface area contributed by atoms with Gasteiger partial charge in [-0.15, -0.1) is 0 Å². The summed E-state index contributed by atoms with van der Waals surface area (Å²) in [5.74, 6) is 0.647. The van der Waals surface area contributed by atoms with E-state index in [1.165, 1.54) is 29.7 Å². The molecule has 1 amide bonds. The Labute approximate surface area is 173 Å². The summed E-state index contributed by atoms with van der Waals surface area (Å²) in [5, 5.41) is 2.97. The molecule has 154 valence electrons. The van der Waals surface area contributed by atoms with Crippen molar-refractivity contribution in [2.45, 2.75) is 38.7 Å². The fraction of sp³-hybridized carbons (Fsp3) is 0.458. The second kappa shape index (κ2) is 8.87. The molecule has 1 heterocycles. The molecule has 1 saturated heterocycles. The van der Waals surface area contributed by atoms with Crippen molar-refractivity contribution in [1.82, 2.24) is 4.90 Å². The van der Waals surface area contributed by atoms with Crippen molar-refractivity contribution in [3.8, 4) is 5.75 Å². The van der Waals surface area contributed by atoms with Crippen LogP contribution in [0.2, 0.25) is 0 Å². The molecule has 0 bridgehead atoms. The van der Waals surface area contributed by atoms with Gasteiger partial charge in [-0.3, -0.25) is 4.79 Å². The zero-order valence-corrected chi connectivity index (χ0v) is 17.5. The van der Waals surface area contributed by atoms with Crippen molar-refractivity contribution in [2.24, 2.45) is 0 Å². The predicted octanol–water partition coefficient (Wildman–Crippen LogP) is 3.72. The Morgan fingerprint density at radius 3 is 2.38 bits per heavy atom. The van der Waals surface area contributed by atoms with E-state index in [1.54, 1.807) is 6.92 Å². The average molecular weight is 394 g/mol. The molecule has 4 rings (SSSR count). The third-order valence-electron chi connectivity index (χ3n) is 6.01. The highest BCUT2D eigenvalue weighted by atomic mass is 16.5. The Kier molecular flexibility index (Phi) is 6.05. The number of nitrogens with zero attached hydrogens (tertiary/aromatic N) is 2. The van der Waals surface area contributed by atoms with Crippen LogP contribution in [0.15, 0.2) is 42.5 Å². The van der Waals surface area contributed by atoms with Crippen molar-refractivity contribution in [3.05, 3.63) is 53.6 Å². The van der Waals surface area contributed by atoms with E-state index in [4.69, 9.17) is 4.74 Å². The fourth-order valence-corrected chi connectivity index (χ4v) is 4.10. The summed E-state index contributed by atoms with van der Waals surface area (Å²) in [6.07, 6.45) is 4.20. The lowest BCUT2D eigenvalue weighted by Gasteiger charge is -2.34. The third kappa shape index (κ3) is 4.91. The van der Waals surface area contributed by atoms with E-state index in [0.29, 0.717) is 0 Å². The van der Waals surface area contributed by atoms with Crippen molar-refractivity contribution >= 4 is 17.3 Å². The van der Waals surface area contributed by atoms with Crippen LogP contribution in [0.4, 0.5) is 11.4 Å². The Morgan fingerprint density at radius 2 is 1.66 bits per heavy atom. The highest BCUT2D eigenvalue weighted by molar-refractivity contribution is 5.94. The van der Waals surface area contributed by atoms with E-state index in [0.717, 1.165) is 50.5 Å². The van der Waals surface area contributed by atoms with Gasteiger partial charge in [0, 0.05) is 37.6 Å². The van der Waals surface area contributed by atoms with Gasteiger partial charge in [-0.2, -0.15) is 0 Å². The summed E-state index contributed by atoms with van der Waals surface area (Å²) in [7, 11) is 2.16. The number of nitrogens with one attached hydrogen (secondary N) is 1. The molecule has 1 atom stereocenters. The third-order valence-corrected chi connectivity index (χ3v) is 6.01. The van der Waals surface area contributed by atoms with Crippen molar-refractivity contribution in [2.75, 3.05) is 43.4 Å². The minimum atomic E-state index is -0.547. The Hall–Kier alpha value is -2.53. The minimum Gasteiger partial charge on any atom is -0.481 e. The number of benzene rings is 2. The minimum absolute atomic E-state index is 0.130. The molecule has 1 aliphatic carbocycles. The van der Waals surface area contributed by atoms with Crippen LogP contribution in [0.5, 0.6) is 5.75 Å². The van der Waals surface area contributed by atoms with Gasteiger partial charge in [0.1, 0.15) is 5.75 Å². The average Bonchev–Trinajstić information content (AvgIpc) is 2.75. The van der Waals surface area contributed by atoms with Gasteiger partial charge in [0.15, 0.2) is 6.10 Å². The molecule has 5 nitrogen and oxygen atoms in total. The first kappa shape index (κ1) is 19.8. The normalized spacial score (nSPS) is 18.1. The number of aryl methyl sites for hydroxylation is 2. The lowest BCUT2D eigenvalue weighted by Crippen LogP contribution is -2.44. The van der Waals surface area contributed by atoms with Crippen LogP contribution in [0.25, 0.3) is 0 Å². The molecule has 29 heavy (non-hydrogen) atoms. The summed E-state index contributed by atoms with van der Waals surface area (Å²) >= 11 is 0. The second-order valence-corrected chi connectivity index (χ2v) is 8.22. The largest absolute Gasteiger partial charge is 0.481 e. The highest BCUT2D eigenvalue weighted by Crippen LogP contribution is 2.26. The molecular weight excluding hydrogens is 362 g/mol. The topological polar surface area (TPSA) is 44.8 Å². The first-order valence-electron chi connectivity index (χ1n) is 10.7. The molecule has 5 heteroatoms. The molecule has 2 aromatic carbocycles. The molecule has 0 unspecified atom stereocenters. The number of ether oxygens (including phenoxy) is 1. The lowest BCUT2D eigenvalue weighted by atomic mass is 9.92. The van der Waals surface area contributed by atoms with Crippen LogP contribution >= 0.6 is 0 Å². The van der Waals surface area contributed by atoms with Crippen LogP contribution in [0.1, 0.15) is 30.9 Å². The smallest absolute Gasteiger partial charge is 0.265 e. The Balaban J connectivity index is 1.32. The number of rotatable bonds is 5. The molecule has 1 N–H and O–H groups in total. The first-order chi connectivity index (χ1) is 14.1. The number of anilines is 2. The monoisotopic (exact) mass is 393 g/mol. The maximum atomic E-state index is 12.6. The summed E-state index contributed by atoms with van der Waals surface area (Å²) in [5.41, 5.74) is 4.78. The second-order valence-electron chi connectivity index (χ2n) is 8.22. The molecule has 0 saturated carbocycles. The first-order valence-corrected chi connectivity index (χ1v) is 10.7. The molecule has 2 aromatic rings. The van der Waals surface area contributed by atoms with E-state index in [-0.39, 0.29) is 5.91 Å². The molecule has 1 fully saturated rings. The zero-order valence-electron chi connectivity index (χ0n) is 17.5. The van der Waals surface area contributed by atoms with E-state index in [9.17, 15) is 4.79 Å². The van der Waals surface area contributed by atoms with Gasteiger partial charge in [-0.05, 0) is 87.2 Å². The summed E-state index contributed by atoms with van der Waals surface area (Å²) in [6, 6.07) is 14.3. The van der Waals surface area contributed by atoms with Gasteiger partial charge in [-0.1, -0.05) is 6.07 Å². The van der Waals surface area contributed by atoms with Gasteiger partial charge >= 0.3 is 0 Å². The van der Waals surface area contributed by atoms with Crippen molar-refractivity contribution in [3.63, 3.8) is 0 Å². The molecule has 2 aliphatic rings. The summed E-state index contributed by atoms with van der Waals surface area (Å²) in [6.45, 7) is 6.03. The van der Waals surface area contributed by atoms with Crippen molar-refractivity contribution < 1.29 is 9.53 Å². The summed E-state index contributed by atoms with van der Waals surface area (Å²) < 4.78 is 5.92. The Bertz CT molecular complexity index is 842. The van der Waals surface area contributed by atoms with Gasteiger partial charge in [0.25, 0.3) is 5.91 Å². The maximum absolute atomic E-state index is 12.6. The van der Waals surface area contributed by atoms with Gasteiger partial charge in [-0.25, -0.2) is 0 Å². The fourth-order valence-electron chi connectivity index (χ4n) is 4.10. The van der Waals surface area contributed by atoms with Crippen LogP contribution in [0, 0.1) is 0 Å². The lowest BCUT2D eigenvalue weighted by molar-refractivity contribution is -0.122. The SMILES string of the molecule is C[C@@H](Oc1ccc2c(c1)CCCC2)C(=O)Nc1ccc(N2CCN(C)CC2)cc1. The van der Waals surface area contributed by atoms with Gasteiger partial charge in [0.05, 0.1) is 0 Å². The molecule has 0 aromatic heterocycles. The van der Waals surface area contributed by atoms with Crippen LogP contribution in [0.3, 0.4) is 0 Å². The number of amides is 1. The van der Waals surface area contributed by atoms with E-state index in [2.05, 4.69) is 46.4 Å². The number of carbonyl (C=O) groups excluding carboxylic acids is 1. The van der Waals surface area contributed by atoms with Crippen LogP contribution in [-0.2, 0) is 17.6 Å². The van der Waals surface area contributed by atoms with E-state index in [1.807, 2.05) is 18.2 Å². The quantitative estimate of drug-likeness (QED) is 0.841. The highest BCUT2D eigenvalue weighted by Gasteiger charge is 2.18. The molecular formula is C24H31N3O2. The predicted molar refractivity (Wildman–Crippen MR) is 118 cm³/mol. The molecule has 0 radical (unpaired) electrons. The number of piperazine rings is 1. The van der Waals surface area contributed by atoms with Gasteiger partial charge in [0.2, 0.25) is 0 Å². The molecule has 1 aliphatic heterocycles. The number of hydrogen-bond acceptors (Lipinski definition) is 4. The number of carbonyl (C=O) groups is 1. The number of hydrogen-bond donors (Lipinski definition) is 1. The summed E-state index contributed by atoms with van der Waals surface area (Å²) in [4.78, 5) is 17.3. The van der Waals surface area contributed by atoms with E-state index < -0.39 is 6.10 Å². The van der Waals surface area contributed by atoms with Gasteiger partial charge < -0.3 is 19.9 Å². The Morgan fingerprint density at radius 1 is 0.966 bits per heavy atom. The number of likely N-dealkylation sites (N-methyl/N-ethyl adjacent to an activating group) is 1. The molecule has 0 spiro atoms. The van der Waals surface area contributed by atoms with Crippen molar-refractivity contribution in [1.29, 1.82) is 0 Å². The zero-order chi connectivity index (χ0) is 20.2.